The van der Waals surface area contributed by atoms with Gasteiger partial charge < -0.3 is 9.47 Å². The summed E-state index contributed by atoms with van der Waals surface area (Å²) in [6.45, 7) is 0. The second kappa shape index (κ2) is 4.27. The van der Waals surface area contributed by atoms with Crippen LogP contribution >= 0.6 is 0 Å². The van der Waals surface area contributed by atoms with Gasteiger partial charge in [0.05, 0.1) is 0 Å². The summed E-state index contributed by atoms with van der Waals surface area (Å²) in [5, 5.41) is 2.99. The van der Waals surface area contributed by atoms with Crippen LogP contribution in [0.3, 0.4) is 0 Å². The summed E-state index contributed by atoms with van der Waals surface area (Å²) in [7, 11) is 0. The fourth-order valence-corrected chi connectivity index (χ4v) is 2.14. The van der Waals surface area contributed by atoms with E-state index >= 15 is 0 Å². The number of fused-ring (bicyclic) bond motifs is 4. The molecule has 0 amide bonds. The van der Waals surface area contributed by atoms with E-state index in [4.69, 9.17) is 9.47 Å². The Morgan fingerprint density at radius 2 is 1.78 bits per heavy atom. The van der Waals surface area contributed by atoms with Crippen LogP contribution in [0.5, 0.6) is 0 Å². The summed E-state index contributed by atoms with van der Waals surface area (Å²) in [5.74, 6) is -1.12. The van der Waals surface area contributed by atoms with Gasteiger partial charge in [-0.05, 0) is 5.56 Å². The molecule has 0 saturated heterocycles. The molecule has 3 rings (SSSR count). The number of hydrogen-bond acceptors (Lipinski definition) is 5. The molecule has 1 aromatic rings. The van der Waals surface area contributed by atoms with E-state index in [0.717, 1.165) is 23.3 Å². The molecule has 0 fully saturated rings. The van der Waals surface area contributed by atoms with E-state index in [0.29, 0.717) is 6.42 Å². The van der Waals surface area contributed by atoms with Gasteiger partial charge in [0.1, 0.15) is 0 Å². The third kappa shape index (κ3) is 2.00. The number of carbonyl (C=O) groups is 2. The van der Waals surface area contributed by atoms with Crippen LogP contribution in [-0.4, -0.2) is 18.2 Å². The van der Waals surface area contributed by atoms with Gasteiger partial charge in [-0.15, -0.1) is 0 Å². The SMILES string of the molecule is O=C1/C=C\C(=O)OC2NC(Cc3ccccc32)O1. The van der Waals surface area contributed by atoms with Crippen LogP contribution in [0.4, 0.5) is 0 Å². The molecule has 92 valence electrons. The van der Waals surface area contributed by atoms with Crippen molar-refractivity contribution < 1.29 is 19.1 Å². The lowest BCUT2D eigenvalue weighted by Gasteiger charge is -2.31. The monoisotopic (exact) mass is 245 g/mol. The predicted octanol–water partition coefficient (Wildman–Crippen LogP) is 0.813. The maximum absolute atomic E-state index is 11.5. The molecule has 0 aliphatic carbocycles. The summed E-state index contributed by atoms with van der Waals surface area (Å²) in [6, 6.07) is 7.60. The van der Waals surface area contributed by atoms with Crippen molar-refractivity contribution in [1.82, 2.24) is 5.32 Å². The fourth-order valence-electron chi connectivity index (χ4n) is 2.14. The molecule has 2 aliphatic heterocycles. The van der Waals surface area contributed by atoms with Gasteiger partial charge in [0, 0.05) is 24.1 Å². The first-order valence-corrected chi connectivity index (χ1v) is 5.65. The number of benzene rings is 1. The molecular weight excluding hydrogens is 234 g/mol. The van der Waals surface area contributed by atoms with E-state index in [1.165, 1.54) is 0 Å². The average Bonchev–Trinajstić information content (AvgIpc) is 2.40. The van der Waals surface area contributed by atoms with E-state index in [-0.39, 0.29) is 0 Å². The molecular formula is C13H11NO4. The highest BCUT2D eigenvalue weighted by molar-refractivity contribution is 5.92. The highest BCUT2D eigenvalue weighted by Gasteiger charge is 2.30. The van der Waals surface area contributed by atoms with Gasteiger partial charge in [0.25, 0.3) is 0 Å². The molecule has 1 aromatic carbocycles. The maximum Gasteiger partial charge on any atom is 0.332 e. The molecule has 5 heteroatoms. The molecule has 18 heavy (non-hydrogen) atoms. The maximum atomic E-state index is 11.5. The van der Waals surface area contributed by atoms with Crippen molar-refractivity contribution in [3.63, 3.8) is 0 Å². The van der Waals surface area contributed by atoms with Crippen molar-refractivity contribution in [2.24, 2.45) is 0 Å². The number of hydrogen-bond donors (Lipinski definition) is 1. The van der Waals surface area contributed by atoms with Crippen molar-refractivity contribution in [3.8, 4) is 0 Å². The molecule has 0 aromatic heterocycles. The standard InChI is InChI=1S/C13H11NO4/c15-11-5-6-12(16)18-13-9-4-2-1-3-8(9)7-10(14-13)17-11/h1-6,10,13-14H,7H2/b6-5-. The zero-order chi connectivity index (χ0) is 12.5. The lowest BCUT2D eigenvalue weighted by atomic mass is 9.98. The Bertz CT molecular complexity index is 538. The Morgan fingerprint density at radius 1 is 1.06 bits per heavy atom. The largest absolute Gasteiger partial charge is 0.443 e. The minimum atomic E-state index is -0.581. The average molecular weight is 245 g/mol. The van der Waals surface area contributed by atoms with E-state index in [9.17, 15) is 9.59 Å². The van der Waals surface area contributed by atoms with E-state index in [2.05, 4.69) is 5.32 Å². The smallest absolute Gasteiger partial charge is 0.332 e. The quantitative estimate of drug-likeness (QED) is 0.685. The fraction of sp³-hybridized carbons (Fsp3) is 0.231. The van der Waals surface area contributed by atoms with Crippen LogP contribution in [0.2, 0.25) is 0 Å². The normalized spacial score (nSPS) is 28.0. The third-order valence-electron chi connectivity index (χ3n) is 2.93. The van der Waals surface area contributed by atoms with E-state index in [1.807, 2.05) is 24.3 Å². The third-order valence-corrected chi connectivity index (χ3v) is 2.93. The van der Waals surface area contributed by atoms with Crippen LogP contribution in [0.1, 0.15) is 17.4 Å². The van der Waals surface area contributed by atoms with E-state index in [1.54, 1.807) is 0 Å². The van der Waals surface area contributed by atoms with Gasteiger partial charge in [-0.2, -0.15) is 0 Å². The second-order valence-corrected chi connectivity index (χ2v) is 4.15. The van der Waals surface area contributed by atoms with Crippen LogP contribution < -0.4 is 5.32 Å². The first-order chi connectivity index (χ1) is 8.72. The lowest BCUT2D eigenvalue weighted by molar-refractivity contribution is -0.152. The topological polar surface area (TPSA) is 64.6 Å². The van der Waals surface area contributed by atoms with Gasteiger partial charge in [0.2, 0.25) is 0 Å². The lowest BCUT2D eigenvalue weighted by Crippen LogP contribution is -2.43. The summed E-state index contributed by atoms with van der Waals surface area (Å²) < 4.78 is 10.4. The Labute approximate surface area is 103 Å². The summed E-state index contributed by atoms with van der Waals surface area (Å²) >= 11 is 0. The van der Waals surface area contributed by atoms with Gasteiger partial charge in [0.15, 0.2) is 12.5 Å². The first kappa shape index (κ1) is 11.0. The van der Waals surface area contributed by atoms with Crippen LogP contribution in [-0.2, 0) is 25.5 Å². The molecule has 2 atom stereocenters. The Hall–Kier alpha value is -2.14. The molecule has 5 nitrogen and oxygen atoms in total. The van der Waals surface area contributed by atoms with Gasteiger partial charge in [-0.3, -0.25) is 0 Å². The van der Waals surface area contributed by atoms with Gasteiger partial charge in [-0.25, -0.2) is 14.9 Å². The molecule has 0 saturated carbocycles. The summed E-state index contributed by atoms with van der Waals surface area (Å²) in [6.07, 6.45) is 1.66. The molecule has 2 bridgehead atoms. The molecule has 0 spiro atoms. The summed E-state index contributed by atoms with van der Waals surface area (Å²) in [4.78, 5) is 22.9. The van der Waals surface area contributed by atoms with E-state index < -0.39 is 24.4 Å². The van der Waals surface area contributed by atoms with Crippen molar-refractivity contribution in [1.29, 1.82) is 0 Å². The van der Waals surface area contributed by atoms with Crippen molar-refractivity contribution >= 4 is 11.9 Å². The number of nitrogens with one attached hydrogen (secondary N) is 1. The molecule has 2 heterocycles. The summed E-state index contributed by atoms with van der Waals surface area (Å²) in [5.41, 5.74) is 1.90. The number of ether oxygens (including phenoxy) is 2. The van der Waals surface area contributed by atoms with Crippen LogP contribution in [0.25, 0.3) is 0 Å². The van der Waals surface area contributed by atoms with Crippen molar-refractivity contribution in [3.05, 3.63) is 47.5 Å². The Kier molecular flexibility index (Phi) is 2.60. The number of esters is 2. The molecule has 0 radical (unpaired) electrons. The highest BCUT2D eigenvalue weighted by Crippen LogP contribution is 2.27. The Morgan fingerprint density at radius 3 is 2.61 bits per heavy atom. The zero-order valence-electron chi connectivity index (χ0n) is 9.46. The molecule has 1 N–H and O–H groups in total. The number of carbonyl (C=O) groups excluding carboxylic acids is 2. The first-order valence-electron chi connectivity index (χ1n) is 5.65. The van der Waals surface area contributed by atoms with Crippen LogP contribution in [0.15, 0.2) is 36.4 Å². The molecule has 2 aliphatic rings. The van der Waals surface area contributed by atoms with Crippen molar-refractivity contribution in [2.45, 2.75) is 18.9 Å². The zero-order valence-corrected chi connectivity index (χ0v) is 9.46. The molecule has 2 unspecified atom stereocenters. The predicted molar refractivity (Wildman–Crippen MR) is 61.1 cm³/mol. The van der Waals surface area contributed by atoms with Crippen molar-refractivity contribution in [2.75, 3.05) is 0 Å². The van der Waals surface area contributed by atoms with Crippen LogP contribution in [0, 0.1) is 0 Å². The minimum Gasteiger partial charge on any atom is -0.443 e. The van der Waals surface area contributed by atoms with Gasteiger partial charge in [-0.1, -0.05) is 24.3 Å². The second-order valence-electron chi connectivity index (χ2n) is 4.15. The van der Waals surface area contributed by atoms with Gasteiger partial charge >= 0.3 is 11.9 Å². The Balaban J connectivity index is 2.00. The number of rotatable bonds is 0. The minimum absolute atomic E-state index is 0.479. The highest BCUT2D eigenvalue weighted by atomic mass is 16.6.